The van der Waals surface area contributed by atoms with E-state index in [1.807, 2.05) is 32.9 Å². The average Bonchev–Trinajstić information content (AvgIpc) is 3.05. The molecule has 1 atom stereocenters. The predicted octanol–water partition coefficient (Wildman–Crippen LogP) is 2.84. The highest BCUT2D eigenvalue weighted by molar-refractivity contribution is 5.87. The number of benzene rings is 1. The Bertz CT molecular complexity index is 723. The number of hydrogen-bond acceptors (Lipinski definition) is 5. The van der Waals surface area contributed by atoms with E-state index in [1.165, 1.54) is 17.7 Å². The van der Waals surface area contributed by atoms with Crippen molar-refractivity contribution in [2.24, 2.45) is 0 Å². The van der Waals surface area contributed by atoms with Gasteiger partial charge in [0.05, 0.1) is 7.11 Å². The van der Waals surface area contributed by atoms with Crippen LogP contribution in [-0.4, -0.2) is 66.9 Å². The third-order valence-corrected chi connectivity index (χ3v) is 5.40. The third-order valence-electron chi connectivity index (χ3n) is 5.40. The van der Waals surface area contributed by atoms with Crippen LogP contribution in [0.5, 0.6) is 0 Å². The van der Waals surface area contributed by atoms with Crippen molar-refractivity contribution < 1.29 is 19.2 Å². The van der Waals surface area contributed by atoms with Crippen molar-refractivity contribution in [3.8, 4) is 0 Å². The van der Waals surface area contributed by atoms with Crippen LogP contribution < -0.4 is 4.90 Å². The minimum absolute atomic E-state index is 0.0479. The van der Waals surface area contributed by atoms with Gasteiger partial charge in [-0.3, -0.25) is 9.63 Å². The topological polar surface area (TPSA) is 62.3 Å². The van der Waals surface area contributed by atoms with Crippen LogP contribution in [0.25, 0.3) is 0 Å². The Morgan fingerprint density at radius 1 is 1.14 bits per heavy atom. The van der Waals surface area contributed by atoms with Gasteiger partial charge in [-0.05, 0) is 45.2 Å². The van der Waals surface area contributed by atoms with E-state index in [0.717, 1.165) is 18.5 Å². The molecule has 0 spiro atoms. The Balaban J connectivity index is 1.74. The van der Waals surface area contributed by atoms with Crippen LogP contribution in [0.3, 0.4) is 0 Å². The molecule has 2 heterocycles. The second kappa shape index (κ2) is 7.99. The number of carbonyl (C=O) groups excluding carboxylic acids is 2. The molecule has 0 radical (unpaired) electrons. The third kappa shape index (κ3) is 4.24. The van der Waals surface area contributed by atoms with Crippen molar-refractivity contribution >= 4 is 17.7 Å². The number of hydroxylamine groups is 2. The number of hydrogen-bond donors (Lipinski definition) is 0. The molecule has 28 heavy (non-hydrogen) atoms. The highest BCUT2D eigenvalue weighted by Gasteiger charge is 2.41. The van der Waals surface area contributed by atoms with E-state index < -0.39 is 5.60 Å². The molecule has 2 aliphatic heterocycles. The van der Waals surface area contributed by atoms with Crippen LogP contribution in [0.2, 0.25) is 0 Å². The molecule has 1 aromatic rings. The SMILES string of the molecule is CON(C)C(=O)C1Cc2ccccc2N1C1CCN(C(=O)OC(C)(C)C)CC1. The Hall–Kier alpha value is -2.28. The number of ether oxygens (including phenoxy) is 1. The van der Waals surface area contributed by atoms with Crippen molar-refractivity contribution in [2.45, 2.75) is 57.7 Å². The summed E-state index contributed by atoms with van der Waals surface area (Å²) in [5, 5.41) is 1.30. The van der Waals surface area contributed by atoms with Gasteiger partial charge in [0.15, 0.2) is 0 Å². The summed E-state index contributed by atoms with van der Waals surface area (Å²) in [6, 6.07) is 8.10. The lowest BCUT2D eigenvalue weighted by Gasteiger charge is -2.41. The van der Waals surface area contributed by atoms with Crippen molar-refractivity contribution in [1.29, 1.82) is 0 Å². The van der Waals surface area contributed by atoms with E-state index >= 15 is 0 Å². The van der Waals surface area contributed by atoms with E-state index in [1.54, 1.807) is 11.9 Å². The number of piperidine rings is 1. The van der Waals surface area contributed by atoms with Gasteiger partial charge in [0, 0.05) is 38.3 Å². The molecule has 1 fully saturated rings. The Morgan fingerprint density at radius 2 is 1.79 bits per heavy atom. The number of anilines is 1. The molecule has 0 N–H and O–H groups in total. The monoisotopic (exact) mass is 389 g/mol. The molecule has 154 valence electrons. The maximum Gasteiger partial charge on any atom is 0.410 e. The molecule has 1 aromatic carbocycles. The van der Waals surface area contributed by atoms with Gasteiger partial charge in [0.1, 0.15) is 11.6 Å². The standard InChI is InChI=1S/C21H31N3O4/c1-21(2,3)28-20(26)23-12-10-16(11-13-23)24-17-9-7-6-8-15(17)14-18(24)19(25)22(4)27-5/h6-9,16,18H,10-14H2,1-5H3. The summed E-state index contributed by atoms with van der Waals surface area (Å²) in [7, 11) is 3.15. The fourth-order valence-corrected chi connectivity index (χ4v) is 4.02. The first-order valence-corrected chi connectivity index (χ1v) is 9.87. The normalized spacial score (nSPS) is 20.1. The van der Waals surface area contributed by atoms with Gasteiger partial charge in [0.2, 0.25) is 0 Å². The number of likely N-dealkylation sites (N-methyl/N-ethyl adjacent to an activating group) is 1. The lowest BCUT2D eigenvalue weighted by Crippen LogP contribution is -2.54. The molecule has 0 bridgehead atoms. The fraction of sp³-hybridized carbons (Fsp3) is 0.619. The Labute approximate surface area is 167 Å². The predicted molar refractivity (Wildman–Crippen MR) is 107 cm³/mol. The van der Waals surface area contributed by atoms with E-state index in [-0.39, 0.29) is 24.1 Å². The van der Waals surface area contributed by atoms with Crippen LogP contribution >= 0.6 is 0 Å². The number of amides is 2. The maximum absolute atomic E-state index is 12.9. The summed E-state index contributed by atoms with van der Waals surface area (Å²) in [6.45, 7) is 6.88. The summed E-state index contributed by atoms with van der Waals surface area (Å²) < 4.78 is 5.50. The minimum atomic E-state index is -0.496. The zero-order chi connectivity index (χ0) is 20.5. The number of carbonyl (C=O) groups is 2. The highest BCUT2D eigenvalue weighted by Crippen LogP contribution is 2.37. The molecular formula is C21H31N3O4. The summed E-state index contributed by atoms with van der Waals surface area (Å²) in [5.74, 6) is -0.0479. The van der Waals surface area contributed by atoms with E-state index in [2.05, 4.69) is 17.0 Å². The molecule has 0 aromatic heterocycles. The fourth-order valence-electron chi connectivity index (χ4n) is 4.02. The zero-order valence-electron chi connectivity index (χ0n) is 17.5. The molecule has 2 amide bonds. The molecule has 7 heteroatoms. The number of para-hydroxylation sites is 1. The number of nitrogens with zero attached hydrogens (tertiary/aromatic N) is 3. The van der Waals surface area contributed by atoms with Crippen LogP contribution in [0.4, 0.5) is 10.5 Å². The molecule has 0 saturated carbocycles. The summed E-state index contributed by atoms with van der Waals surface area (Å²) in [5.41, 5.74) is 1.80. The van der Waals surface area contributed by atoms with Gasteiger partial charge in [-0.15, -0.1) is 0 Å². The molecule has 2 aliphatic rings. The molecule has 1 unspecified atom stereocenters. The Kier molecular flexibility index (Phi) is 5.84. The summed E-state index contributed by atoms with van der Waals surface area (Å²) in [6.07, 6.45) is 2.01. The van der Waals surface area contributed by atoms with E-state index in [4.69, 9.17) is 9.57 Å². The van der Waals surface area contributed by atoms with Gasteiger partial charge in [0.25, 0.3) is 5.91 Å². The molecule has 0 aliphatic carbocycles. The van der Waals surface area contributed by atoms with Gasteiger partial charge in [-0.25, -0.2) is 9.86 Å². The molecular weight excluding hydrogens is 358 g/mol. The van der Waals surface area contributed by atoms with Gasteiger partial charge >= 0.3 is 6.09 Å². The molecule has 3 rings (SSSR count). The number of rotatable bonds is 3. The van der Waals surface area contributed by atoms with Crippen LogP contribution in [0.1, 0.15) is 39.2 Å². The second-order valence-corrected chi connectivity index (χ2v) is 8.47. The molecule has 7 nitrogen and oxygen atoms in total. The van der Waals surface area contributed by atoms with Crippen LogP contribution in [-0.2, 0) is 20.8 Å². The van der Waals surface area contributed by atoms with Crippen molar-refractivity contribution in [3.63, 3.8) is 0 Å². The second-order valence-electron chi connectivity index (χ2n) is 8.47. The quantitative estimate of drug-likeness (QED) is 0.744. The first kappa shape index (κ1) is 20.5. The zero-order valence-corrected chi connectivity index (χ0v) is 17.5. The summed E-state index contributed by atoms with van der Waals surface area (Å²) >= 11 is 0. The van der Waals surface area contributed by atoms with Gasteiger partial charge in [-0.2, -0.15) is 0 Å². The average molecular weight is 389 g/mol. The summed E-state index contributed by atoms with van der Waals surface area (Å²) in [4.78, 5) is 34.4. The first-order valence-electron chi connectivity index (χ1n) is 9.87. The Morgan fingerprint density at radius 3 is 2.39 bits per heavy atom. The smallest absolute Gasteiger partial charge is 0.410 e. The number of fused-ring (bicyclic) bond motifs is 1. The lowest BCUT2D eigenvalue weighted by atomic mass is 10.0. The van der Waals surface area contributed by atoms with Crippen molar-refractivity contribution in [2.75, 3.05) is 32.1 Å². The minimum Gasteiger partial charge on any atom is -0.444 e. The maximum atomic E-state index is 12.9. The number of likely N-dealkylation sites (tertiary alicyclic amines) is 1. The van der Waals surface area contributed by atoms with E-state index in [0.29, 0.717) is 19.5 Å². The van der Waals surface area contributed by atoms with Gasteiger partial charge in [-0.1, -0.05) is 18.2 Å². The van der Waals surface area contributed by atoms with Crippen molar-refractivity contribution in [3.05, 3.63) is 29.8 Å². The van der Waals surface area contributed by atoms with Crippen LogP contribution in [0, 0.1) is 0 Å². The van der Waals surface area contributed by atoms with Crippen LogP contribution in [0.15, 0.2) is 24.3 Å². The van der Waals surface area contributed by atoms with Crippen molar-refractivity contribution in [1.82, 2.24) is 9.96 Å². The highest BCUT2D eigenvalue weighted by atomic mass is 16.7. The van der Waals surface area contributed by atoms with E-state index in [9.17, 15) is 9.59 Å². The molecule has 1 saturated heterocycles. The van der Waals surface area contributed by atoms with Gasteiger partial charge < -0.3 is 14.5 Å². The largest absolute Gasteiger partial charge is 0.444 e. The first-order chi connectivity index (χ1) is 13.2. The lowest BCUT2D eigenvalue weighted by molar-refractivity contribution is -0.170.